The predicted molar refractivity (Wildman–Crippen MR) is 66.8 cm³/mol. The molecular weight excluding hydrogens is 214 g/mol. The fourth-order valence-corrected chi connectivity index (χ4v) is 1.58. The lowest BCUT2D eigenvalue weighted by Gasteiger charge is -2.11. The van der Waals surface area contributed by atoms with Crippen LogP contribution in [0.15, 0.2) is 18.2 Å². The maximum absolute atomic E-state index is 9.44. The van der Waals surface area contributed by atoms with Gasteiger partial charge in [-0.25, -0.2) is 0 Å². The third-order valence-electron chi connectivity index (χ3n) is 2.62. The van der Waals surface area contributed by atoms with E-state index in [4.69, 9.17) is 10.00 Å². The Balaban J connectivity index is 2.47. The minimum Gasteiger partial charge on any atom is -0.493 e. The van der Waals surface area contributed by atoms with E-state index in [1.807, 2.05) is 25.1 Å². The molecule has 3 heteroatoms. The van der Waals surface area contributed by atoms with Crippen molar-refractivity contribution in [1.82, 2.24) is 0 Å². The second kappa shape index (κ2) is 6.93. The van der Waals surface area contributed by atoms with Crippen LogP contribution in [0.1, 0.15) is 43.4 Å². The molecule has 3 nitrogen and oxygen atoms in total. The Hall–Kier alpha value is -1.53. The van der Waals surface area contributed by atoms with E-state index in [2.05, 4.69) is 6.07 Å². The van der Waals surface area contributed by atoms with Gasteiger partial charge in [-0.15, -0.1) is 0 Å². The number of hydrogen-bond acceptors (Lipinski definition) is 3. The Bertz CT molecular complexity index is 394. The molecule has 17 heavy (non-hydrogen) atoms. The molecule has 1 rings (SSSR count). The number of rotatable bonds is 6. The van der Waals surface area contributed by atoms with E-state index in [9.17, 15) is 5.11 Å². The molecule has 0 saturated carbocycles. The van der Waals surface area contributed by atoms with E-state index in [0.717, 1.165) is 29.7 Å². The second-order valence-corrected chi connectivity index (χ2v) is 4.16. The van der Waals surface area contributed by atoms with E-state index >= 15 is 0 Å². The topological polar surface area (TPSA) is 53.2 Å². The summed E-state index contributed by atoms with van der Waals surface area (Å²) in [4.78, 5) is 0. The molecule has 1 aromatic rings. The highest BCUT2D eigenvalue weighted by Gasteiger charge is 2.04. The van der Waals surface area contributed by atoms with Crippen LogP contribution in [0.2, 0.25) is 0 Å². The molecule has 0 spiro atoms. The summed E-state index contributed by atoms with van der Waals surface area (Å²) in [6, 6.07) is 7.82. The third kappa shape index (κ3) is 4.46. The first kappa shape index (κ1) is 13.5. The molecule has 0 unspecified atom stereocenters. The van der Waals surface area contributed by atoms with Crippen LogP contribution in [-0.4, -0.2) is 11.7 Å². The Morgan fingerprint density at radius 3 is 2.76 bits per heavy atom. The first-order valence-electron chi connectivity index (χ1n) is 5.93. The highest BCUT2D eigenvalue weighted by Crippen LogP contribution is 2.22. The zero-order valence-corrected chi connectivity index (χ0v) is 10.4. The van der Waals surface area contributed by atoms with E-state index in [1.54, 1.807) is 6.92 Å². The summed E-state index contributed by atoms with van der Waals surface area (Å²) in [5.74, 6) is 0.853. The van der Waals surface area contributed by atoms with Gasteiger partial charge in [-0.3, -0.25) is 0 Å². The first-order chi connectivity index (χ1) is 8.15. The largest absolute Gasteiger partial charge is 0.493 e. The van der Waals surface area contributed by atoms with Crippen molar-refractivity contribution >= 4 is 0 Å². The molecule has 0 heterocycles. The molecule has 1 aromatic carbocycles. The van der Waals surface area contributed by atoms with Crippen molar-refractivity contribution in [2.75, 3.05) is 6.61 Å². The summed E-state index contributed by atoms with van der Waals surface area (Å²) in [6.07, 6.45) is 1.91. The van der Waals surface area contributed by atoms with Gasteiger partial charge in [0.2, 0.25) is 0 Å². The van der Waals surface area contributed by atoms with E-state index in [0.29, 0.717) is 13.0 Å². The number of aryl methyl sites for hydroxylation is 1. The lowest BCUT2D eigenvalue weighted by molar-refractivity contribution is 0.199. The molecular formula is C14H19NO2. The molecule has 1 N–H and O–H groups in total. The van der Waals surface area contributed by atoms with Crippen LogP contribution in [0, 0.1) is 18.3 Å². The smallest absolute Gasteiger partial charge is 0.122 e. The monoisotopic (exact) mass is 233 g/mol. The Labute approximate surface area is 103 Å². The van der Waals surface area contributed by atoms with Gasteiger partial charge in [0, 0.05) is 6.42 Å². The van der Waals surface area contributed by atoms with Crippen LogP contribution in [-0.2, 0) is 0 Å². The first-order valence-corrected chi connectivity index (χ1v) is 5.93. The molecule has 0 bridgehead atoms. The summed E-state index contributed by atoms with van der Waals surface area (Å²) < 4.78 is 5.63. The molecule has 0 amide bonds. The van der Waals surface area contributed by atoms with E-state index in [1.165, 1.54) is 0 Å². The van der Waals surface area contributed by atoms with Crippen molar-refractivity contribution in [3.8, 4) is 11.8 Å². The van der Waals surface area contributed by atoms with Crippen molar-refractivity contribution in [2.45, 2.75) is 39.2 Å². The molecule has 1 atom stereocenters. The summed E-state index contributed by atoms with van der Waals surface area (Å²) in [5, 5.41) is 17.8. The van der Waals surface area contributed by atoms with Crippen molar-refractivity contribution in [3.63, 3.8) is 0 Å². The normalized spacial score (nSPS) is 11.9. The SMILES string of the molecule is Cc1cc([C@H](C)O)ccc1OCCCCC#N. The maximum Gasteiger partial charge on any atom is 0.122 e. The molecule has 0 aromatic heterocycles. The zero-order valence-electron chi connectivity index (χ0n) is 10.4. The van der Waals surface area contributed by atoms with Gasteiger partial charge in [-0.05, 0) is 49.9 Å². The number of benzene rings is 1. The number of nitriles is 1. The highest BCUT2D eigenvalue weighted by atomic mass is 16.5. The average Bonchev–Trinajstić information content (AvgIpc) is 2.30. The van der Waals surface area contributed by atoms with Crippen LogP contribution in [0.4, 0.5) is 0 Å². The number of aliphatic hydroxyl groups is 1. The third-order valence-corrected chi connectivity index (χ3v) is 2.62. The summed E-state index contributed by atoms with van der Waals surface area (Å²) in [6.45, 7) is 4.35. The summed E-state index contributed by atoms with van der Waals surface area (Å²) in [7, 11) is 0. The van der Waals surface area contributed by atoms with Gasteiger partial charge < -0.3 is 9.84 Å². The summed E-state index contributed by atoms with van der Waals surface area (Å²) >= 11 is 0. The second-order valence-electron chi connectivity index (χ2n) is 4.16. The molecule has 0 fully saturated rings. The van der Waals surface area contributed by atoms with Crippen LogP contribution < -0.4 is 4.74 Å². The minimum absolute atomic E-state index is 0.446. The minimum atomic E-state index is -0.446. The van der Waals surface area contributed by atoms with Crippen LogP contribution in [0.5, 0.6) is 5.75 Å². The van der Waals surface area contributed by atoms with Gasteiger partial charge in [0.1, 0.15) is 5.75 Å². The average molecular weight is 233 g/mol. The number of unbranched alkanes of at least 4 members (excludes halogenated alkanes) is 2. The van der Waals surface area contributed by atoms with Crippen molar-refractivity contribution in [1.29, 1.82) is 5.26 Å². The van der Waals surface area contributed by atoms with Gasteiger partial charge in [-0.1, -0.05) is 6.07 Å². The van der Waals surface area contributed by atoms with Crippen molar-refractivity contribution < 1.29 is 9.84 Å². The Morgan fingerprint density at radius 2 is 2.18 bits per heavy atom. The Morgan fingerprint density at radius 1 is 1.41 bits per heavy atom. The summed E-state index contributed by atoms with van der Waals surface area (Å²) in [5.41, 5.74) is 1.93. The maximum atomic E-state index is 9.44. The van der Waals surface area contributed by atoms with Gasteiger partial charge in [0.15, 0.2) is 0 Å². The number of hydrogen-bond donors (Lipinski definition) is 1. The van der Waals surface area contributed by atoms with Gasteiger partial charge in [0.25, 0.3) is 0 Å². The quantitative estimate of drug-likeness (QED) is 0.768. The zero-order chi connectivity index (χ0) is 12.7. The van der Waals surface area contributed by atoms with E-state index < -0.39 is 6.10 Å². The Kier molecular flexibility index (Phi) is 5.51. The molecule has 0 aliphatic rings. The fourth-order valence-electron chi connectivity index (χ4n) is 1.58. The van der Waals surface area contributed by atoms with Crippen molar-refractivity contribution in [2.24, 2.45) is 0 Å². The van der Waals surface area contributed by atoms with Gasteiger partial charge >= 0.3 is 0 Å². The fraction of sp³-hybridized carbons (Fsp3) is 0.500. The molecule has 0 saturated heterocycles. The lowest BCUT2D eigenvalue weighted by Crippen LogP contribution is -2.00. The number of ether oxygens (including phenoxy) is 1. The molecule has 0 aliphatic carbocycles. The number of aliphatic hydroxyl groups excluding tert-OH is 1. The van der Waals surface area contributed by atoms with Crippen molar-refractivity contribution in [3.05, 3.63) is 29.3 Å². The number of nitrogens with zero attached hydrogens (tertiary/aromatic N) is 1. The van der Waals surface area contributed by atoms with Gasteiger partial charge in [-0.2, -0.15) is 5.26 Å². The molecule has 0 aliphatic heterocycles. The highest BCUT2D eigenvalue weighted by molar-refractivity contribution is 5.36. The van der Waals surface area contributed by atoms with Crippen LogP contribution in [0.25, 0.3) is 0 Å². The standard InChI is InChI=1S/C14H19NO2/c1-11-10-13(12(2)16)6-7-14(11)17-9-5-3-4-8-15/h6-7,10,12,16H,3-5,9H2,1-2H3/t12-/m0/s1. The molecule has 92 valence electrons. The van der Waals surface area contributed by atoms with E-state index in [-0.39, 0.29) is 0 Å². The van der Waals surface area contributed by atoms with Gasteiger partial charge in [0.05, 0.1) is 18.8 Å². The predicted octanol–water partition coefficient (Wildman–Crippen LogP) is 3.12. The molecule has 0 radical (unpaired) electrons. The lowest BCUT2D eigenvalue weighted by atomic mass is 10.1. The van der Waals surface area contributed by atoms with Crippen LogP contribution in [0.3, 0.4) is 0 Å². The van der Waals surface area contributed by atoms with Crippen LogP contribution >= 0.6 is 0 Å².